The number of hydrogen-bond donors (Lipinski definition) is 0. The lowest BCUT2D eigenvalue weighted by Gasteiger charge is -2.49. The van der Waals surface area contributed by atoms with Crippen molar-refractivity contribution in [3.05, 3.63) is 50.3 Å². The van der Waals surface area contributed by atoms with E-state index in [0.717, 1.165) is 0 Å². The summed E-state index contributed by atoms with van der Waals surface area (Å²) in [6.45, 7) is 0.354. The van der Waals surface area contributed by atoms with E-state index in [0.29, 0.717) is 0 Å². The molecule has 0 heterocycles. The lowest BCUT2D eigenvalue weighted by Crippen LogP contribution is -2.76. The predicted molar refractivity (Wildman–Crippen MR) is 124 cm³/mol. The van der Waals surface area contributed by atoms with Crippen LogP contribution < -0.4 is 0 Å². The van der Waals surface area contributed by atoms with Gasteiger partial charge in [0.15, 0.2) is 19.8 Å². The van der Waals surface area contributed by atoms with Crippen LogP contribution in [0.25, 0.3) is 0 Å². The molecule has 0 aromatic carbocycles. The van der Waals surface area contributed by atoms with Crippen LogP contribution in [0.5, 0.6) is 0 Å². The van der Waals surface area contributed by atoms with Crippen LogP contribution in [-0.4, -0.2) is 92.4 Å². The molecule has 0 N–H and O–H groups in total. The molecule has 0 aliphatic carbocycles. The Morgan fingerprint density at radius 2 is 0.660 bits per heavy atom. The zero-order valence-electron chi connectivity index (χ0n) is 24.9. The number of esters is 2. The lowest BCUT2D eigenvalue weighted by atomic mass is 9.81. The van der Waals surface area contributed by atoms with E-state index in [1.807, 2.05) is 0 Å². The summed E-state index contributed by atoms with van der Waals surface area (Å²) < 4.78 is 317. The average Bonchev–Trinajstić information content (AvgIpc) is 2.94. The van der Waals surface area contributed by atoms with E-state index in [9.17, 15) is 75.4 Å². The van der Waals surface area contributed by atoms with Crippen LogP contribution in [0.1, 0.15) is 0 Å². The van der Waals surface area contributed by atoms with Gasteiger partial charge in [-0.2, -0.15) is 92.2 Å². The van der Waals surface area contributed by atoms with Gasteiger partial charge in [0.25, 0.3) is 0 Å². The smallest absolute Gasteiger partial charge is 0.427 e. The van der Waals surface area contributed by atoms with Crippen molar-refractivity contribution in [1.29, 1.82) is 0 Å². The molecule has 29 heteroatoms. The van der Waals surface area contributed by atoms with Crippen molar-refractivity contribution < 1.29 is 130 Å². The topological polar surface area (TPSA) is 89.5 Å². The Morgan fingerprint density at radius 3 is 0.868 bits per heavy atom. The van der Waals surface area contributed by atoms with Gasteiger partial charge in [0, 0.05) is 12.2 Å². The number of alkyl halides is 21. The number of halogens is 21. The Balaban J connectivity index is 8.03. The van der Waals surface area contributed by atoms with E-state index in [1.165, 1.54) is 0 Å². The minimum absolute atomic E-state index is 0.170. The fourth-order valence-corrected chi connectivity index (χ4v) is 2.88. The highest BCUT2D eigenvalue weighted by atomic mass is 19.4. The van der Waals surface area contributed by atoms with Crippen LogP contribution in [0, 0.1) is 5.41 Å². The molecule has 0 bridgehead atoms. The van der Waals surface area contributed by atoms with Gasteiger partial charge in [-0.25, -0.2) is 23.8 Å². The van der Waals surface area contributed by atoms with E-state index in [-0.39, 0.29) is 18.2 Å². The van der Waals surface area contributed by atoms with Crippen LogP contribution in [0.4, 0.5) is 92.2 Å². The van der Waals surface area contributed by atoms with Gasteiger partial charge < -0.3 is 14.2 Å². The molecule has 0 aliphatic heterocycles. The van der Waals surface area contributed by atoms with Crippen LogP contribution in [0.15, 0.2) is 50.3 Å². The Kier molecular flexibility index (Phi) is 14.3. The van der Waals surface area contributed by atoms with Gasteiger partial charge in [0.1, 0.15) is 5.76 Å². The first-order valence-corrected chi connectivity index (χ1v) is 12.3. The molecule has 308 valence electrons. The molecule has 0 unspecified atom stereocenters. The van der Waals surface area contributed by atoms with Crippen molar-refractivity contribution in [2.45, 2.75) is 60.6 Å². The first-order valence-electron chi connectivity index (χ1n) is 12.3. The molecular weight excluding hydrogens is 815 g/mol. The second-order valence-corrected chi connectivity index (χ2v) is 9.35. The molecular formula is C24H17F21O8. The molecule has 0 saturated heterocycles. The monoisotopic (exact) mass is 832 g/mol. The van der Waals surface area contributed by atoms with Crippen molar-refractivity contribution in [2.24, 2.45) is 5.41 Å². The maximum absolute atomic E-state index is 15.1. The van der Waals surface area contributed by atoms with Crippen LogP contribution in [0.3, 0.4) is 0 Å². The Labute approximate surface area is 279 Å². The molecule has 0 aromatic rings. The summed E-state index contributed by atoms with van der Waals surface area (Å²) >= 11 is 0. The quantitative estimate of drug-likeness (QED) is 0.0355. The Bertz CT molecular complexity index is 1220. The van der Waals surface area contributed by atoms with E-state index in [4.69, 9.17) is 0 Å². The Hall–Kier alpha value is -3.89. The summed E-state index contributed by atoms with van der Waals surface area (Å²) in [4.78, 5) is 21.7. The molecule has 0 rings (SSSR count). The van der Waals surface area contributed by atoms with E-state index >= 15 is 26.3 Å². The zero-order chi connectivity index (χ0) is 42.7. The summed E-state index contributed by atoms with van der Waals surface area (Å²) in [5.74, 6) is -26.1. The fourth-order valence-electron chi connectivity index (χ4n) is 2.88. The highest BCUT2D eigenvalue weighted by molar-refractivity contribution is 5.81. The average molecular weight is 832 g/mol. The van der Waals surface area contributed by atoms with Gasteiger partial charge in [-0.1, -0.05) is 26.3 Å². The number of allylic oxidation sites excluding steroid dienone is 1. The second-order valence-electron chi connectivity index (χ2n) is 9.35. The predicted octanol–water partition coefficient (Wildman–Crippen LogP) is 8.22. The summed E-state index contributed by atoms with van der Waals surface area (Å²) in [6, 6.07) is 0. The third kappa shape index (κ3) is 10.0. The minimum atomic E-state index is -9.42. The molecule has 0 radical (unpaired) electrons. The van der Waals surface area contributed by atoms with Gasteiger partial charge >= 0.3 is 77.9 Å². The molecule has 0 saturated carbocycles. The minimum Gasteiger partial charge on any atom is -0.488 e. The van der Waals surface area contributed by atoms with E-state index in [1.54, 1.807) is 14.2 Å². The van der Waals surface area contributed by atoms with Gasteiger partial charge in [-0.15, -0.1) is 0 Å². The summed E-state index contributed by atoms with van der Waals surface area (Å²) in [7, 11) is 0. The van der Waals surface area contributed by atoms with Crippen molar-refractivity contribution >= 4 is 11.9 Å². The summed E-state index contributed by atoms with van der Waals surface area (Å²) in [5.41, 5.74) is -9.42. The van der Waals surface area contributed by atoms with Crippen LogP contribution in [-0.2, 0) is 38.0 Å². The molecule has 0 fully saturated rings. The molecule has 0 atom stereocenters. The molecule has 8 nitrogen and oxygen atoms in total. The normalized spacial score (nSPS) is 14.7. The van der Waals surface area contributed by atoms with Gasteiger partial charge in [0.2, 0.25) is 0 Å². The largest absolute Gasteiger partial charge is 0.488 e. The highest BCUT2D eigenvalue weighted by Crippen LogP contribution is 2.69. The van der Waals surface area contributed by atoms with Crippen molar-refractivity contribution in [3.63, 3.8) is 0 Å². The maximum Gasteiger partial charge on any atom is 0.427 e. The van der Waals surface area contributed by atoms with Gasteiger partial charge in [-0.3, -0.25) is 0 Å². The lowest BCUT2D eigenvalue weighted by molar-refractivity contribution is -0.605. The number of carbonyl (C=O) groups excluding carboxylic acids is 2. The second kappa shape index (κ2) is 15.5. The first kappa shape index (κ1) is 49.1. The third-order valence-electron chi connectivity index (χ3n) is 5.57. The fraction of sp³-hybridized carbons (Fsp3) is 0.583. The molecule has 53 heavy (non-hydrogen) atoms. The summed E-state index contributed by atoms with van der Waals surface area (Å²) in [5, 5.41) is 0. The van der Waals surface area contributed by atoms with E-state index in [2.05, 4.69) is 40.5 Å². The highest BCUT2D eigenvalue weighted by Gasteiger charge is 2.97. The van der Waals surface area contributed by atoms with Crippen LogP contribution >= 0.6 is 0 Å². The maximum atomic E-state index is 15.1. The standard InChI is InChI=1S/C24H17F21O8/c1-5-11(4)48-8-14(25,26)19(34,35)51-22(40,41)17(18(31,32)33,23(42,43)52-20(36,37)15(27,28)9-49-12(46)6-2)24(44,45)53-21(38,39)16(29,30)10-50-13(47)7-3/h5-7H,1-4,8-10H2. The third-order valence-corrected chi connectivity index (χ3v) is 5.57. The van der Waals surface area contributed by atoms with Crippen molar-refractivity contribution in [2.75, 3.05) is 19.8 Å². The number of hydrogen-bond acceptors (Lipinski definition) is 8. The van der Waals surface area contributed by atoms with Crippen molar-refractivity contribution in [1.82, 2.24) is 0 Å². The number of rotatable bonds is 22. The van der Waals surface area contributed by atoms with Gasteiger partial charge in [0.05, 0.1) is 0 Å². The first-order chi connectivity index (χ1) is 23.2. The zero-order valence-corrected chi connectivity index (χ0v) is 24.9. The number of carbonyl (C=O) groups is 2. The van der Waals surface area contributed by atoms with Crippen molar-refractivity contribution in [3.8, 4) is 0 Å². The van der Waals surface area contributed by atoms with E-state index < -0.39 is 104 Å². The Morgan fingerprint density at radius 1 is 0.415 bits per heavy atom. The summed E-state index contributed by atoms with van der Waals surface area (Å²) in [6.07, 6.45) is -59.4. The van der Waals surface area contributed by atoms with Crippen LogP contribution in [0.2, 0.25) is 0 Å². The SMILES string of the molecule is C=CC(=C)OCC(F)(F)C(F)(F)OC(F)(F)C(C(F)(F)F)(C(F)(F)OC(F)(F)C(F)(F)COC(=O)C=C)C(F)(F)OC(F)(F)C(F)(F)COC(=O)C=C. The number of ether oxygens (including phenoxy) is 6. The molecule has 0 aliphatic rings. The molecule has 0 spiro atoms. The van der Waals surface area contributed by atoms with Gasteiger partial charge in [-0.05, 0) is 6.08 Å². The molecule has 0 amide bonds. The molecule has 0 aromatic heterocycles.